The van der Waals surface area contributed by atoms with E-state index < -0.39 is 16.1 Å². The van der Waals surface area contributed by atoms with Crippen molar-refractivity contribution in [3.8, 4) is 0 Å². The highest BCUT2D eigenvalue weighted by molar-refractivity contribution is 7.89. The highest BCUT2D eigenvalue weighted by atomic mass is 32.2. The van der Waals surface area contributed by atoms with E-state index in [0.29, 0.717) is 18.5 Å². The minimum absolute atomic E-state index is 0.131. The van der Waals surface area contributed by atoms with Crippen LogP contribution in [0.5, 0.6) is 0 Å². The maximum Gasteiger partial charge on any atom is 0.212 e. The fraction of sp³-hybridized carbons (Fsp3) is 0.455. The van der Waals surface area contributed by atoms with Crippen LogP contribution in [0.1, 0.15) is 47.6 Å². The van der Waals surface area contributed by atoms with Crippen molar-refractivity contribution in [3.63, 3.8) is 0 Å². The number of nitrogens with one attached hydrogen (secondary N) is 2. The molecule has 2 N–H and O–H groups in total. The van der Waals surface area contributed by atoms with E-state index in [9.17, 15) is 8.42 Å². The monoisotopic (exact) mass is 402 g/mol. The van der Waals surface area contributed by atoms with E-state index in [1.165, 1.54) is 0 Å². The predicted molar refractivity (Wildman–Crippen MR) is 109 cm³/mol. The van der Waals surface area contributed by atoms with Crippen molar-refractivity contribution < 1.29 is 12.8 Å². The molecule has 2 aromatic rings. The maximum absolute atomic E-state index is 15.1. The Morgan fingerprint density at radius 1 is 1.14 bits per heavy atom. The minimum Gasteiger partial charge on any atom is -0.313 e. The number of sulfonamides is 1. The molecule has 0 spiro atoms. The molecule has 2 aliphatic rings. The van der Waals surface area contributed by atoms with Gasteiger partial charge in [0.2, 0.25) is 10.0 Å². The largest absolute Gasteiger partial charge is 0.313 e. The lowest BCUT2D eigenvalue weighted by molar-refractivity contribution is 0.529. The molecule has 6 heteroatoms. The van der Waals surface area contributed by atoms with Crippen molar-refractivity contribution in [1.82, 2.24) is 10.0 Å². The fourth-order valence-corrected chi connectivity index (χ4v) is 5.59. The molecule has 28 heavy (non-hydrogen) atoms. The second-order valence-corrected chi connectivity index (χ2v) is 9.81. The van der Waals surface area contributed by atoms with Gasteiger partial charge in [0.15, 0.2) is 0 Å². The molecular weight excluding hydrogens is 375 g/mol. The first-order valence-electron chi connectivity index (χ1n) is 10.1. The molecule has 1 unspecified atom stereocenters. The lowest BCUT2D eigenvalue weighted by Crippen LogP contribution is -2.33. The molecule has 0 radical (unpaired) electrons. The van der Waals surface area contributed by atoms with Crippen LogP contribution in [0.25, 0.3) is 0 Å². The van der Waals surface area contributed by atoms with E-state index >= 15 is 4.39 Å². The summed E-state index contributed by atoms with van der Waals surface area (Å²) in [5.41, 5.74) is 3.50. The Labute approximate surface area is 166 Å². The van der Waals surface area contributed by atoms with Crippen LogP contribution in [0.4, 0.5) is 4.39 Å². The third-order valence-corrected chi connectivity index (χ3v) is 7.12. The smallest absolute Gasteiger partial charge is 0.212 e. The summed E-state index contributed by atoms with van der Waals surface area (Å²) < 4.78 is 43.2. The van der Waals surface area contributed by atoms with Gasteiger partial charge in [0.25, 0.3) is 0 Å². The highest BCUT2D eigenvalue weighted by Crippen LogP contribution is 2.32. The summed E-state index contributed by atoms with van der Waals surface area (Å²) in [7, 11) is -3.46. The lowest BCUT2D eigenvalue weighted by atomic mass is 9.94. The van der Waals surface area contributed by atoms with Crippen LogP contribution in [0.2, 0.25) is 0 Å². The predicted octanol–water partition coefficient (Wildman–Crippen LogP) is 3.47. The van der Waals surface area contributed by atoms with Gasteiger partial charge in [0, 0.05) is 12.1 Å². The Morgan fingerprint density at radius 3 is 2.68 bits per heavy atom. The fourth-order valence-electron chi connectivity index (χ4n) is 3.89. The summed E-state index contributed by atoms with van der Waals surface area (Å²) in [5.74, 6) is 0.0542. The Kier molecular flexibility index (Phi) is 5.80. The van der Waals surface area contributed by atoms with Crippen molar-refractivity contribution in [2.24, 2.45) is 5.92 Å². The summed E-state index contributed by atoms with van der Waals surface area (Å²) in [6, 6.07) is 12.5. The minimum atomic E-state index is -3.46. The van der Waals surface area contributed by atoms with Crippen LogP contribution in [0.3, 0.4) is 0 Å². The summed E-state index contributed by atoms with van der Waals surface area (Å²) in [5, 5.41) is 3.36. The van der Waals surface area contributed by atoms with Gasteiger partial charge in [0.1, 0.15) is 5.82 Å². The van der Waals surface area contributed by atoms with Gasteiger partial charge in [-0.3, -0.25) is 0 Å². The summed E-state index contributed by atoms with van der Waals surface area (Å²) in [6.07, 6.45) is 4.17. The molecule has 0 amide bonds. The average Bonchev–Trinajstić information content (AvgIpc) is 3.48. The quantitative estimate of drug-likeness (QED) is 0.746. The molecule has 1 aliphatic carbocycles. The number of hydrogen-bond donors (Lipinski definition) is 2. The van der Waals surface area contributed by atoms with Gasteiger partial charge in [-0.15, -0.1) is 0 Å². The zero-order chi connectivity index (χ0) is 19.6. The van der Waals surface area contributed by atoms with Crippen LogP contribution >= 0.6 is 0 Å². The zero-order valence-electron chi connectivity index (χ0n) is 16.0. The third-order valence-electron chi connectivity index (χ3n) is 5.57. The molecule has 1 heterocycles. The zero-order valence-corrected chi connectivity index (χ0v) is 16.8. The second kappa shape index (κ2) is 8.31. The molecule has 1 fully saturated rings. The van der Waals surface area contributed by atoms with Gasteiger partial charge in [-0.1, -0.05) is 30.3 Å². The molecule has 2 aromatic carbocycles. The number of hydrogen-bond acceptors (Lipinski definition) is 3. The van der Waals surface area contributed by atoms with Crippen LogP contribution in [-0.2, 0) is 29.4 Å². The first-order chi connectivity index (χ1) is 13.5. The summed E-state index contributed by atoms with van der Waals surface area (Å²) in [6.45, 7) is 1.60. The van der Waals surface area contributed by atoms with Gasteiger partial charge in [-0.25, -0.2) is 17.5 Å². The number of rotatable bonds is 7. The standard InChI is InChI=1S/C22H27FN2O2S/c23-21-13-18-7-4-10-24-14-19(18)12-20(21)22(11-16-5-2-1-3-6-16)25-28(26,27)15-17-8-9-17/h1-3,5-6,12-13,17,22,24-25H,4,7-11,14-15H2. The van der Waals surface area contributed by atoms with Gasteiger partial charge in [0.05, 0.1) is 11.8 Å². The molecule has 0 aromatic heterocycles. The van der Waals surface area contributed by atoms with Gasteiger partial charge in [-0.2, -0.15) is 0 Å². The van der Waals surface area contributed by atoms with E-state index in [1.807, 2.05) is 36.4 Å². The van der Waals surface area contributed by atoms with Crippen LogP contribution < -0.4 is 10.0 Å². The van der Waals surface area contributed by atoms with Gasteiger partial charge < -0.3 is 5.32 Å². The van der Waals surface area contributed by atoms with E-state index in [2.05, 4.69) is 10.0 Å². The van der Waals surface area contributed by atoms with Crippen molar-refractivity contribution >= 4 is 10.0 Å². The molecule has 1 saturated carbocycles. The SMILES string of the molecule is O=S(=O)(CC1CC1)NC(Cc1ccccc1)c1cc2c(cc1F)CCCNC2. The maximum atomic E-state index is 15.1. The molecule has 0 saturated heterocycles. The Hall–Kier alpha value is -1.76. The van der Waals surface area contributed by atoms with Crippen molar-refractivity contribution in [1.29, 1.82) is 0 Å². The summed E-state index contributed by atoms with van der Waals surface area (Å²) in [4.78, 5) is 0. The Balaban J connectivity index is 1.66. The normalized spacial score (nSPS) is 18.3. The average molecular weight is 403 g/mol. The highest BCUT2D eigenvalue weighted by Gasteiger charge is 2.31. The topological polar surface area (TPSA) is 58.2 Å². The van der Waals surface area contributed by atoms with E-state index in [4.69, 9.17) is 0 Å². The molecule has 150 valence electrons. The number of halogens is 1. The lowest BCUT2D eigenvalue weighted by Gasteiger charge is -2.22. The summed E-state index contributed by atoms with van der Waals surface area (Å²) >= 11 is 0. The van der Waals surface area contributed by atoms with E-state index in [0.717, 1.165) is 48.9 Å². The first-order valence-corrected chi connectivity index (χ1v) is 11.7. The molecular formula is C22H27FN2O2S. The molecule has 1 aliphatic heterocycles. The second-order valence-electron chi connectivity index (χ2n) is 8.01. The molecule has 1 atom stereocenters. The molecule has 4 rings (SSSR count). The van der Waals surface area contributed by atoms with E-state index in [-0.39, 0.29) is 17.5 Å². The molecule has 0 bridgehead atoms. The molecule has 4 nitrogen and oxygen atoms in total. The van der Waals surface area contributed by atoms with Crippen molar-refractivity contribution in [3.05, 3.63) is 70.5 Å². The van der Waals surface area contributed by atoms with Crippen molar-refractivity contribution in [2.75, 3.05) is 12.3 Å². The Morgan fingerprint density at radius 2 is 1.93 bits per heavy atom. The van der Waals surface area contributed by atoms with Gasteiger partial charge in [-0.05, 0) is 73.4 Å². The first kappa shape index (κ1) is 19.6. The number of aryl methyl sites for hydroxylation is 1. The van der Waals surface area contributed by atoms with E-state index in [1.54, 1.807) is 6.07 Å². The number of fused-ring (bicyclic) bond motifs is 1. The number of benzene rings is 2. The van der Waals surface area contributed by atoms with Crippen LogP contribution in [0, 0.1) is 11.7 Å². The van der Waals surface area contributed by atoms with Crippen LogP contribution in [0.15, 0.2) is 42.5 Å². The van der Waals surface area contributed by atoms with Crippen LogP contribution in [-0.4, -0.2) is 20.7 Å². The van der Waals surface area contributed by atoms with Gasteiger partial charge >= 0.3 is 0 Å². The third kappa shape index (κ3) is 4.99. The van der Waals surface area contributed by atoms with Crippen molar-refractivity contribution in [2.45, 2.75) is 44.7 Å². The Bertz CT molecular complexity index is 927.